The molecule has 0 saturated heterocycles. The summed E-state index contributed by atoms with van der Waals surface area (Å²) in [5.74, 6) is 0.109. The normalized spacial score (nSPS) is 12.5. The molecule has 1 aromatic heterocycles. The summed E-state index contributed by atoms with van der Waals surface area (Å²) in [6, 6.07) is 1.74. The summed E-state index contributed by atoms with van der Waals surface area (Å²) in [5, 5.41) is 11.5. The summed E-state index contributed by atoms with van der Waals surface area (Å²) in [6.45, 7) is 4.15. The van der Waals surface area contributed by atoms with Gasteiger partial charge in [-0.25, -0.2) is 0 Å². The van der Waals surface area contributed by atoms with E-state index in [1.165, 1.54) is 0 Å². The largest absolute Gasteiger partial charge is 0.444 e. The van der Waals surface area contributed by atoms with Crippen LogP contribution in [0.5, 0.6) is 0 Å². The van der Waals surface area contributed by atoms with Crippen LogP contribution in [0.4, 0.5) is 0 Å². The summed E-state index contributed by atoms with van der Waals surface area (Å²) < 4.78 is 5.73. The van der Waals surface area contributed by atoms with Crippen LogP contribution in [-0.2, 0) is 0 Å². The van der Waals surface area contributed by atoms with E-state index in [9.17, 15) is 4.79 Å². The third-order valence-electron chi connectivity index (χ3n) is 2.02. The zero-order valence-corrected chi connectivity index (χ0v) is 10.3. The number of hydrogen-bond donors (Lipinski definition) is 2. The molecule has 0 fully saturated rings. The first kappa shape index (κ1) is 12.3. The van der Waals surface area contributed by atoms with Gasteiger partial charge in [0.1, 0.15) is 0 Å². The molecule has 0 radical (unpaired) electrons. The Labute approximate surface area is 96.8 Å². The maximum atomic E-state index is 11.6. The van der Waals surface area contributed by atoms with Crippen molar-refractivity contribution in [1.29, 1.82) is 0 Å². The number of aliphatic hydroxyl groups excluding tert-OH is 1. The number of nitrogens with one attached hydrogen (secondary N) is 1. The number of carbonyl (C=O) groups is 1. The first-order valence-corrected chi connectivity index (χ1v) is 5.49. The lowest BCUT2D eigenvalue weighted by atomic mass is 10.2. The minimum absolute atomic E-state index is 0.0488. The molecule has 1 rings (SSSR count). The number of rotatable bonds is 4. The van der Waals surface area contributed by atoms with Crippen molar-refractivity contribution in [3.05, 3.63) is 22.1 Å². The van der Waals surface area contributed by atoms with E-state index in [1.54, 1.807) is 13.0 Å². The molecule has 84 valence electrons. The average Bonchev–Trinajstić information content (AvgIpc) is 2.53. The second-order valence-corrected chi connectivity index (χ2v) is 4.34. The van der Waals surface area contributed by atoms with Crippen molar-refractivity contribution in [2.75, 3.05) is 13.2 Å². The fourth-order valence-electron chi connectivity index (χ4n) is 1.08. The molecule has 1 amide bonds. The van der Waals surface area contributed by atoms with Crippen LogP contribution in [0.25, 0.3) is 0 Å². The Kier molecular flexibility index (Phi) is 4.35. The first-order chi connectivity index (χ1) is 7.04. The molecule has 0 aliphatic carbocycles. The summed E-state index contributed by atoms with van der Waals surface area (Å²) in [5.41, 5.74) is 0.788. The Balaban J connectivity index is 2.58. The number of aryl methyl sites for hydroxylation is 1. The van der Waals surface area contributed by atoms with E-state index >= 15 is 0 Å². The second-order valence-electron chi connectivity index (χ2n) is 3.56. The van der Waals surface area contributed by atoms with Crippen molar-refractivity contribution < 1.29 is 14.3 Å². The lowest BCUT2D eigenvalue weighted by Crippen LogP contribution is -2.29. The van der Waals surface area contributed by atoms with Gasteiger partial charge in [0.25, 0.3) is 5.91 Å². The van der Waals surface area contributed by atoms with Gasteiger partial charge >= 0.3 is 0 Å². The fourth-order valence-corrected chi connectivity index (χ4v) is 1.59. The molecule has 1 unspecified atom stereocenters. The molecule has 0 saturated carbocycles. The number of aliphatic hydroxyl groups is 1. The molecule has 1 heterocycles. The maximum Gasteiger partial charge on any atom is 0.287 e. The smallest absolute Gasteiger partial charge is 0.287 e. The van der Waals surface area contributed by atoms with Gasteiger partial charge in [0, 0.05) is 18.7 Å². The highest BCUT2D eigenvalue weighted by molar-refractivity contribution is 9.10. The van der Waals surface area contributed by atoms with Crippen LogP contribution >= 0.6 is 15.9 Å². The highest BCUT2D eigenvalue weighted by Gasteiger charge is 2.15. The molecule has 1 aromatic rings. The van der Waals surface area contributed by atoms with E-state index < -0.39 is 0 Å². The van der Waals surface area contributed by atoms with Crippen LogP contribution < -0.4 is 5.32 Å². The Morgan fingerprint density at radius 1 is 1.73 bits per heavy atom. The zero-order chi connectivity index (χ0) is 11.4. The van der Waals surface area contributed by atoms with Crippen molar-refractivity contribution in [2.24, 2.45) is 5.92 Å². The molecule has 1 atom stereocenters. The maximum absolute atomic E-state index is 11.6. The Morgan fingerprint density at radius 2 is 2.40 bits per heavy atom. The van der Waals surface area contributed by atoms with Crippen molar-refractivity contribution in [3.63, 3.8) is 0 Å². The van der Waals surface area contributed by atoms with Gasteiger partial charge in [0.05, 0.1) is 0 Å². The predicted molar refractivity (Wildman–Crippen MR) is 59.7 cm³/mol. The van der Waals surface area contributed by atoms with Crippen molar-refractivity contribution in [1.82, 2.24) is 5.32 Å². The van der Waals surface area contributed by atoms with E-state index in [0.717, 1.165) is 5.56 Å². The van der Waals surface area contributed by atoms with E-state index in [-0.39, 0.29) is 18.4 Å². The highest BCUT2D eigenvalue weighted by atomic mass is 79.9. The number of furan rings is 1. The molecular formula is C10H14BrNO3. The summed E-state index contributed by atoms with van der Waals surface area (Å²) in [7, 11) is 0. The molecular weight excluding hydrogens is 262 g/mol. The molecule has 0 aliphatic rings. The van der Waals surface area contributed by atoms with Crippen LogP contribution in [0.1, 0.15) is 23.0 Å². The third-order valence-corrected chi connectivity index (χ3v) is 2.41. The average molecular weight is 276 g/mol. The van der Waals surface area contributed by atoms with E-state index in [0.29, 0.717) is 17.0 Å². The lowest BCUT2D eigenvalue weighted by Gasteiger charge is -2.08. The van der Waals surface area contributed by atoms with Gasteiger partial charge < -0.3 is 14.8 Å². The molecule has 0 bridgehead atoms. The lowest BCUT2D eigenvalue weighted by molar-refractivity contribution is 0.0912. The molecule has 0 aliphatic heterocycles. The monoisotopic (exact) mass is 275 g/mol. The minimum atomic E-state index is -0.251. The van der Waals surface area contributed by atoms with Crippen molar-refractivity contribution >= 4 is 21.8 Å². The van der Waals surface area contributed by atoms with Gasteiger partial charge in [0.2, 0.25) is 0 Å². The molecule has 4 nitrogen and oxygen atoms in total. The molecule has 2 N–H and O–H groups in total. The van der Waals surface area contributed by atoms with Crippen LogP contribution in [0.2, 0.25) is 0 Å². The van der Waals surface area contributed by atoms with Crippen LogP contribution in [0.3, 0.4) is 0 Å². The van der Waals surface area contributed by atoms with Gasteiger partial charge in [-0.15, -0.1) is 0 Å². The highest BCUT2D eigenvalue weighted by Crippen LogP contribution is 2.19. The molecule has 15 heavy (non-hydrogen) atoms. The zero-order valence-electron chi connectivity index (χ0n) is 8.71. The topological polar surface area (TPSA) is 62.5 Å². The van der Waals surface area contributed by atoms with E-state index in [2.05, 4.69) is 21.2 Å². The minimum Gasteiger partial charge on any atom is -0.444 e. The Morgan fingerprint density at radius 3 is 2.87 bits per heavy atom. The van der Waals surface area contributed by atoms with Crippen LogP contribution in [-0.4, -0.2) is 24.2 Å². The fraction of sp³-hybridized carbons (Fsp3) is 0.500. The number of amides is 1. The number of halogens is 1. The summed E-state index contributed by atoms with van der Waals surface area (Å²) in [4.78, 5) is 11.6. The van der Waals surface area contributed by atoms with E-state index in [1.807, 2.05) is 6.92 Å². The first-order valence-electron chi connectivity index (χ1n) is 4.69. The van der Waals surface area contributed by atoms with Gasteiger partial charge in [-0.3, -0.25) is 4.79 Å². The Bertz CT molecular complexity index is 348. The molecule has 0 spiro atoms. The standard InChI is InChI=1S/C10H14BrNO3/c1-6(5-13)4-12-10(14)9-7(2)3-8(11)15-9/h3,6,13H,4-5H2,1-2H3,(H,12,14). The predicted octanol–water partition coefficient (Wildman–Crippen LogP) is 1.71. The second kappa shape index (κ2) is 5.32. The van der Waals surface area contributed by atoms with Crippen LogP contribution in [0.15, 0.2) is 15.2 Å². The third kappa shape index (κ3) is 3.35. The van der Waals surface area contributed by atoms with Crippen LogP contribution in [0, 0.1) is 12.8 Å². The molecule has 0 aromatic carbocycles. The summed E-state index contributed by atoms with van der Waals surface area (Å²) in [6.07, 6.45) is 0. The number of carbonyl (C=O) groups excluding carboxylic acids is 1. The summed E-state index contributed by atoms with van der Waals surface area (Å²) >= 11 is 3.16. The van der Waals surface area contributed by atoms with Gasteiger partial charge in [-0.05, 0) is 34.8 Å². The molecule has 5 heteroatoms. The Hall–Kier alpha value is -0.810. The number of hydrogen-bond acceptors (Lipinski definition) is 3. The van der Waals surface area contributed by atoms with Gasteiger partial charge in [-0.2, -0.15) is 0 Å². The SMILES string of the molecule is Cc1cc(Br)oc1C(=O)NCC(C)CO. The van der Waals surface area contributed by atoms with E-state index in [4.69, 9.17) is 9.52 Å². The van der Waals surface area contributed by atoms with Crippen molar-refractivity contribution in [3.8, 4) is 0 Å². The van der Waals surface area contributed by atoms with Crippen molar-refractivity contribution in [2.45, 2.75) is 13.8 Å². The van der Waals surface area contributed by atoms with Gasteiger partial charge in [-0.1, -0.05) is 6.92 Å². The quantitative estimate of drug-likeness (QED) is 0.880. The van der Waals surface area contributed by atoms with Gasteiger partial charge in [0.15, 0.2) is 10.4 Å².